The molecular weight excluding hydrogens is 268 g/mol. The van der Waals surface area contributed by atoms with E-state index in [1.807, 2.05) is 18.2 Å². The number of carbonyl (C=O) groups is 1. The number of ether oxygens (including phenoxy) is 1. The van der Waals surface area contributed by atoms with Crippen LogP contribution in [0.3, 0.4) is 0 Å². The lowest BCUT2D eigenvalue weighted by molar-refractivity contribution is 0.0706. The Morgan fingerprint density at radius 2 is 2.05 bits per heavy atom. The molecule has 1 heterocycles. The standard InChI is InChI=1S/C16H16N2O3/c19-16(17-20)13-6-7-15-14(10-13)18(8-9-21-15)11-12-4-2-1-3-5-12/h1-7,10,20H,8-9,11H2,(H,17,19). The molecule has 5 nitrogen and oxygen atoms in total. The van der Waals surface area contributed by atoms with Gasteiger partial charge in [-0.2, -0.15) is 0 Å². The highest BCUT2D eigenvalue weighted by molar-refractivity contribution is 5.95. The van der Waals surface area contributed by atoms with Gasteiger partial charge in [0.2, 0.25) is 0 Å². The third-order valence-corrected chi connectivity index (χ3v) is 3.50. The maximum atomic E-state index is 11.5. The zero-order valence-electron chi connectivity index (χ0n) is 11.5. The molecule has 0 atom stereocenters. The summed E-state index contributed by atoms with van der Waals surface area (Å²) in [7, 11) is 0. The number of anilines is 1. The lowest BCUT2D eigenvalue weighted by Gasteiger charge is -2.31. The number of benzene rings is 2. The zero-order chi connectivity index (χ0) is 14.7. The number of nitrogens with zero attached hydrogens (tertiary/aromatic N) is 1. The number of fused-ring (bicyclic) bond motifs is 1. The van der Waals surface area contributed by atoms with Crippen molar-refractivity contribution in [1.29, 1.82) is 0 Å². The molecular formula is C16H16N2O3. The third kappa shape index (κ3) is 2.83. The molecule has 0 aliphatic carbocycles. The van der Waals surface area contributed by atoms with Gasteiger partial charge >= 0.3 is 0 Å². The average Bonchev–Trinajstić information content (AvgIpc) is 2.55. The minimum absolute atomic E-state index is 0.403. The first-order valence-corrected chi connectivity index (χ1v) is 6.78. The van der Waals surface area contributed by atoms with Crippen molar-refractivity contribution in [1.82, 2.24) is 5.48 Å². The summed E-state index contributed by atoms with van der Waals surface area (Å²) < 4.78 is 5.62. The largest absolute Gasteiger partial charge is 0.490 e. The van der Waals surface area contributed by atoms with Gasteiger partial charge in [0.05, 0.1) is 12.2 Å². The fourth-order valence-corrected chi connectivity index (χ4v) is 2.45. The van der Waals surface area contributed by atoms with E-state index in [4.69, 9.17) is 9.94 Å². The molecule has 0 saturated heterocycles. The Labute approximate surface area is 122 Å². The molecule has 3 rings (SSSR count). The lowest BCUT2D eigenvalue weighted by Crippen LogP contribution is -2.32. The van der Waals surface area contributed by atoms with Gasteiger partial charge in [-0.3, -0.25) is 10.0 Å². The van der Waals surface area contributed by atoms with Gasteiger partial charge in [0.15, 0.2) is 0 Å². The molecule has 0 radical (unpaired) electrons. The lowest BCUT2D eigenvalue weighted by atomic mass is 10.1. The highest BCUT2D eigenvalue weighted by Crippen LogP contribution is 2.33. The molecule has 108 valence electrons. The van der Waals surface area contributed by atoms with E-state index >= 15 is 0 Å². The number of carbonyl (C=O) groups excluding carboxylic acids is 1. The summed E-state index contributed by atoms with van der Waals surface area (Å²) in [4.78, 5) is 13.7. The molecule has 0 spiro atoms. The smallest absolute Gasteiger partial charge is 0.274 e. The Kier molecular flexibility index (Phi) is 3.75. The van der Waals surface area contributed by atoms with Gasteiger partial charge in [-0.05, 0) is 23.8 Å². The number of amides is 1. The summed E-state index contributed by atoms with van der Waals surface area (Å²) in [5.41, 5.74) is 4.12. The predicted octanol–water partition coefficient (Wildman–Crippen LogP) is 2.20. The fourth-order valence-electron chi connectivity index (χ4n) is 2.45. The van der Waals surface area contributed by atoms with Gasteiger partial charge in [0.25, 0.3) is 5.91 Å². The Hall–Kier alpha value is -2.53. The van der Waals surface area contributed by atoms with Crippen molar-refractivity contribution in [3.05, 3.63) is 59.7 Å². The number of nitrogens with one attached hydrogen (secondary N) is 1. The summed E-state index contributed by atoms with van der Waals surface area (Å²) >= 11 is 0. The third-order valence-electron chi connectivity index (χ3n) is 3.50. The van der Waals surface area contributed by atoms with E-state index in [9.17, 15) is 4.79 Å². The second-order valence-electron chi connectivity index (χ2n) is 4.88. The molecule has 2 aromatic rings. The van der Waals surface area contributed by atoms with Crippen molar-refractivity contribution in [2.45, 2.75) is 6.54 Å². The molecule has 0 bridgehead atoms. The van der Waals surface area contributed by atoms with E-state index in [2.05, 4.69) is 17.0 Å². The van der Waals surface area contributed by atoms with Crippen LogP contribution in [-0.2, 0) is 6.54 Å². The van der Waals surface area contributed by atoms with E-state index in [0.29, 0.717) is 12.2 Å². The van der Waals surface area contributed by atoms with Crippen LogP contribution in [0.5, 0.6) is 5.75 Å². The van der Waals surface area contributed by atoms with Crippen LogP contribution < -0.4 is 15.1 Å². The van der Waals surface area contributed by atoms with Crippen molar-refractivity contribution in [2.24, 2.45) is 0 Å². The van der Waals surface area contributed by atoms with Crippen LogP contribution in [0.25, 0.3) is 0 Å². The molecule has 21 heavy (non-hydrogen) atoms. The van der Waals surface area contributed by atoms with Crippen LogP contribution in [-0.4, -0.2) is 24.3 Å². The molecule has 1 aliphatic heterocycles. The van der Waals surface area contributed by atoms with Crippen LogP contribution >= 0.6 is 0 Å². The Balaban J connectivity index is 1.90. The molecule has 2 N–H and O–H groups in total. The summed E-state index contributed by atoms with van der Waals surface area (Å²) in [6.07, 6.45) is 0. The van der Waals surface area contributed by atoms with E-state index < -0.39 is 5.91 Å². The van der Waals surface area contributed by atoms with Gasteiger partial charge in [-0.15, -0.1) is 0 Å². The number of hydroxylamine groups is 1. The molecule has 0 unspecified atom stereocenters. The van der Waals surface area contributed by atoms with E-state index in [0.717, 1.165) is 24.5 Å². The van der Waals surface area contributed by atoms with Gasteiger partial charge in [0, 0.05) is 12.1 Å². The first kappa shape index (κ1) is 13.5. The Bertz CT molecular complexity index is 643. The summed E-state index contributed by atoms with van der Waals surface area (Å²) in [5.74, 6) is 0.231. The quantitative estimate of drug-likeness (QED) is 0.670. The molecule has 1 aliphatic rings. The van der Waals surface area contributed by atoms with Crippen LogP contribution in [0, 0.1) is 0 Å². The highest BCUT2D eigenvalue weighted by atomic mass is 16.5. The molecule has 0 aromatic heterocycles. The SMILES string of the molecule is O=C(NO)c1ccc2c(c1)N(Cc1ccccc1)CCO2. The average molecular weight is 284 g/mol. The van der Waals surface area contributed by atoms with Gasteiger partial charge in [0.1, 0.15) is 12.4 Å². The molecule has 5 heteroatoms. The maximum absolute atomic E-state index is 11.5. The minimum atomic E-state index is -0.525. The first-order valence-electron chi connectivity index (χ1n) is 6.78. The molecule has 0 saturated carbocycles. The topological polar surface area (TPSA) is 61.8 Å². The minimum Gasteiger partial charge on any atom is -0.490 e. The highest BCUT2D eigenvalue weighted by Gasteiger charge is 2.20. The summed E-state index contributed by atoms with van der Waals surface area (Å²) in [6, 6.07) is 15.3. The normalized spacial score (nSPS) is 13.3. The zero-order valence-corrected chi connectivity index (χ0v) is 11.5. The summed E-state index contributed by atoms with van der Waals surface area (Å²) in [6.45, 7) is 2.12. The van der Waals surface area contributed by atoms with Crippen molar-refractivity contribution in [3.63, 3.8) is 0 Å². The second kappa shape index (κ2) is 5.85. The monoisotopic (exact) mass is 284 g/mol. The maximum Gasteiger partial charge on any atom is 0.274 e. The van der Waals surface area contributed by atoms with Crippen molar-refractivity contribution in [2.75, 3.05) is 18.1 Å². The van der Waals surface area contributed by atoms with Crippen molar-refractivity contribution < 1.29 is 14.7 Å². The Morgan fingerprint density at radius 1 is 1.24 bits per heavy atom. The molecule has 1 amide bonds. The first-order chi connectivity index (χ1) is 10.3. The second-order valence-corrected chi connectivity index (χ2v) is 4.88. The van der Waals surface area contributed by atoms with Crippen LogP contribution in [0.4, 0.5) is 5.69 Å². The van der Waals surface area contributed by atoms with E-state index in [1.54, 1.807) is 23.7 Å². The van der Waals surface area contributed by atoms with Crippen LogP contribution in [0.1, 0.15) is 15.9 Å². The van der Waals surface area contributed by atoms with Gasteiger partial charge in [-0.1, -0.05) is 30.3 Å². The van der Waals surface area contributed by atoms with Crippen molar-refractivity contribution in [3.8, 4) is 5.75 Å². The molecule has 0 fully saturated rings. The molecule has 2 aromatic carbocycles. The van der Waals surface area contributed by atoms with Gasteiger partial charge < -0.3 is 9.64 Å². The number of hydrogen-bond donors (Lipinski definition) is 2. The van der Waals surface area contributed by atoms with Crippen LogP contribution in [0.2, 0.25) is 0 Å². The number of rotatable bonds is 3. The summed E-state index contributed by atoms with van der Waals surface area (Å²) in [5, 5.41) is 8.75. The number of hydrogen-bond acceptors (Lipinski definition) is 4. The van der Waals surface area contributed by atoms with E-state index in [-0.39, 0.29) is 0 Å². The fraction of sp³-hybridized carbons (Fsp3) is 0.188. The predicted molar refractivity (Wildman–Crippen MR) is 78.7 cm³/mol. The van der Waals surface area contributed by atoms with Crippen molar-refractivity contribution >= 4 is 11.6 Å². The van der Waals surface area contributed by atoms with Crippen LogP contribution in [0.15, 0.2) is 48.5 Å². The Morgan fingerprint density at radius 3 is 2.81 bits per heavy atom. The van der Waals surface area contributed by atoms with Gasteiger partial charge in [-0.25, -0.2) is 5.48 Å². The van der Waals surface area contributed by atoms with E-state index in [1.165, 1.54) is 5.56 Å².